The summed E-state index contributed by atoms with van der Waals surface area (Å²) in [6.07, 6.45) is 1.44. The first-order chi connectivity index (χ1) is 8.93. The van der Waals surface area contributed by atoms with Crippen LogP contribution in [0.1, 0.15) is 12.6 Å². The zero-order valence-corrected chi connectivity index (χ0v) is 11.2. The lowest BCUT2D eigenvalue weighted by molar-refractivity contribution is -0.111. The van der Waals surface area contributed by atoms with Crippen LogP contribution in [0.3, 0.4) is 0 Å². The molecule has 0 bridgehead atoms. The molecule has 19 heavy (non-hydrogen) atoms. The van der Waals surface area contributed by atoms with Crippen molar-refractivity contribution in [1.29, 1.82) is 0 Å². The van der Waals surface area contributed by atoms with Crippen molar-refractivity contribution < 1.29 is 4.74 Å². The van der Waals surface area contributed by atoms with Gasteiger partial charge in [-0.15, -0.1) is 0 Å². The summed E-state index contributed by atoms with van der Waals surface area (Å²) in [5.41, 5.74) is -0.442. The van der Waals surface area contributed by atoms with Gasteiger partial charge in [0.25, 0.3) is 5.56 Å². The van der Waals surface area contributed by atoms with Gasteiger partial charge < -0.3 is 4.74 Å². The minimum absolute atomic E-state index is 0.154. The molecule has 0 spiro atoms. The molecule has 1 saturated heterocycles. The van der Waals surface area contributed by atoms with Crippen LogP contribution in [0.4, 0.5) is 5.69 Å². The quantitative estimate of drug-likeness (QED) is 0.745. The summed E-state index contributed by atoms with van der Waals surface area (Å²) in [5, 5.41) is 0. The number of rotatable bonds is 4. The largest absolute Gasteiger partial charge is 0.380 e. The Hall–Kier alpha value is -1.95. The average Bonchev–Trinajstić information content (AvgIpc) is 2.36. The Morgan fingerprint density at radius 1 is 1.47 bits per heavy atom. The van der Waals surface area contributed by atoms with E-state index in [1.807, 2.05) is 6.92 Å². The molecule has 0 aliphatic carbocycles. The number of ether oxygens (including phenoxy) is 1. The van der Waals surface area contributed by atoms with Crippen molar-refractivity contribution in [3.05, 3.63) is 33.1 Å². The molecule has 0 amide bonds. The van der Waals surface area contributed by atoms with Crippen molar-refractivity contribution in [1.82, 2.24) is 9.13 Å². The van der Waals surface area contributed by atoms with E-state index < -0.39 is 5.56 Å². The molecule has 1 aliphatic rings. The van der Waals surface area contributed by atoms with Crippen molar-refractivity contribution in [2.24, 2.45) is 17.5 Å². The van der Waals surface area contributed by atoms with Gasteiger partial charge in [-0.25, -0.2) is 4.79 Å². The molecule has 0 atom stereocenters. The lowest BCUT2D eigenvalue weighted by atomic mass is 9.88. The first kappa shape index (κ1) is 13.5. The highest BCUT2D eigenvalue weighted by atomic mass is 16.5. The van der Waals surface area contributed by atoms with Gasteiger partial charge in [-0.1, -0.05) is 13.5 Å². The summed E-state index contributed by atoms with van der Waals surface area (Å²) in [7, 11) is 1.59. The molecular formula is C13H17N3O3. The van der Waals surface area contributed by atoms with Gasteiger partial charge in [-0.05, 0) is 12.8 Å². The lowest BCUT2D eigenvalue weighted by Crippen LogP contribution is -2.50. The highest BCUT2D eigenvalue weighted by Gasteiger charge is 2.35. The summed E-state index contributed by atoms with van der Waals surface area (Å²) in [5.74, 6) is 0. The van der Waals surface area contributed by atoms with Crippen molar-refractivity contribution in [2.45, 2.75) is 13.5 Å². The van der Waals surface area contributed by atoms with E-state index in [1.54, 1.807) is 7.05 Å². The molecule has 1 aromatic rings. The average molecular weight is 263 g/mol. The molecule has 0 aromatic carbocycles. The zero-order chi connectivity index (χ0) is 14.2. The van der Waals surface area contributed by atoms with E-state index in [0.717, 1.165) is 0 Å². The Morgan fingerprint density at radius 2 is 2.11 bits per heavy atom. The van der Waals surface area contributed by atoms with Crippen LogP contribution in [0, 0.1) is 5.41 Å². The molecule has 2 heterocycles. The predicted octanol–water partition coefficient (Wildman–Crippen LogP) is 0.559. The van der Waals surface area contributed by atoms with Crippen LogP contribution >= 0.6 is 0 Å². The van der Waals surface area contributed by atoms with E-state index in [-0.39, 0.29) is 16.8 Å². The van der Waals surface area contributed by atoms with Crippen molar-refractivity contribution >= 4 is 18.5 Å². The van der Waals surface area contributed by atoms with E-state index in [9.17, 15) is 9.59 Å². The normalized spacial score (nSPS) is 16.7. The Labute approximate surface area is 110 Å². The fourth-order valence-electron chi connectivity index (χ4n) is 2.21. The van der Waals surface area contributed by atoms with Crippen LogP contribution in [0.15, 0.2) is 21.2 Å². The maximum absolute atomic E-state index is 12.3. The van der Waals surface area contributed by atoms with E-state index in [4.69, 9.17) is 4.74 Å². The number of hydrogen-bond donors (Lipinski definition) is 0. The number of aliphatic imine (C=N–C) groups is 1. The Balaban J connectivity index is 2.65. The molecular weight excluding hydrogens is 246 g/mol. The summed E-state index contributed by atoms with van der Waals surface area (Å²) < 4.78 is 7.70. The molecule has 6 nitrogen and oxygen atoms in total. The van der Waals surface area contributed by atoms with Gasteiger partial charge in [0, 0.05) is 19.0 Å². The third-order valence-corrected chi connectivity index (χ3v) is 3.36. The van der Waals surface area contributed by atoms with Gasteiger partial charge in [-0.2, -0.15) is 0 Å². The molecule has 2 rings (SSSR count). The number of nitrogens with zero attached hydrogens (tertiary/aromatic N) is 3. The fourth-order valence-corrected chi connectivity index (χ4v) is 2.21. The summed E-state index contributed by atoms with van der Waals surface area (Å²) in [6, 6.07) is 0. The SMILES string of the molecule is C=Cc1c(N=C)c(=O)n(CC2(C)COC2)c(=O)n1C. The second kappa shape index (κ2) is 4.62. The van der Waals surface area contributed by atoms with Crippen LogP contribution in [0.5, 0.6) is 0 Å². The lowest BCUT2D eigenvalue weighted by Gasteiger charge is -2.38. The van der Waals surface area contributed by atoms with Crippen molar-refractivity contribution in [3.8, 4) is 0 Å². The highest BCUT2D eigenvalue weighted by Crippen LogP contribution is 2.27. The first-order valence-corrected chi connectivity index (χ1v) is 5.94. The predicted molar refractivity (Wildman–Crippen MR) is 74.2 cm³/mol. The number of hydrogen-bond acceptors (Lipinski definition) is 4. The topological polar surface area (TPSA) is 65.6 Å². The second-order valence-corrected chi connectivity index (χ2v) is 5.13. The van der Waals surface area contributed by atoms with Gasteiger partial charge in [0.2, 0.25) is 0 Å². The van der Waals surface area contributed by atoms with Gasteiger partial charge in [0.15, 0.2) is 5.69 Å². The maximum Gasteiger partial charge on any atom is 0.331 e. The summed E-state index contributed by atoms with van der Waals surface area (Å²) in [6.45, 7) is 10.4. The van der Waals surface area contributed by atoms with Gasteiger partial charge >= 0.3 is 5.69 Å². The molecule has 1 aromatic heterocycles. The second-order valence-electron chi connectivity index (χ2n) is 5.13. The summed E-state index contributed by atoms with van der Waals surface area (Å²) in [4.78, 5) is 28.3. The molecule has 102 valence electrons. The van der Waals surface area contributed by atoms with Crippen LogP contribution < -0.4 is 11.2 Å². The number of aromatic nitrogens is 2. The fraction of sp³-hybridized carbons (Fsp3) is 0.462. The molecule has 0 saturated carbocycles. The van der Waals surface area contributed by atoms with Gasteiger partial charge in [-0.3, -0.25) is 18.9 Å². The Bertz CT molecular complexity index is 650. The van der Waals surface area contributed by atoms with E-state index in [0.29, 0.717) is 25.5 Å². The van der Waals surface area contributed by atoms with Crippen LogP contribution in [-0.4, -0.2) is 29.1 Å². The van der Waals surface area contributed by atoms with Crippen molar-refractivity contribution in [2.75, 3.05) is 13.2 Å². The summed E-state index contributed by atoms with van der Waals surface area (Å²) >= 11 is 0. The van der Waals surface area contributed by atoms with E-state index in [1.165, 1.54) is 15.2 Å². The van der Waals surface area contributed by atoms with Crippen LogP contribution in [0.2, 0.25) is 0 Å². The molecule has 6 heteroatoms. The minimum Gasteiger partial charge on any atom is -0.380 e. The van der Waals surface area contributed by atoms with Crippen molar-refractivity contribution in [3.63, 3.8) is 0 Å². The first-order valence-electron chi connectivity index (χ1n) is 5.94. The Morgan fingerprint density at radius 3 is 2.53 bits per heavy atom. The zero-order valence-electron chi connectivity index (χ0n) is 11.2. The minimum atomic E-state index is -0.430. The van der Waals surface area contributed by atoms with Crippen LogP contribution in [-0.2, 0) is 18.3 Å². The third kappa shape index (κ3) is 2.08. The third-order valence-electron chi connectivity index (χ3n) is 3.36. The maximum atomic E-state index is 12.3. The highest BCUT2D eigenvalue weighted by molar-refractivity contribution is 5.60. The smallest absolute Gasteiger partial charge is 0.331 e. The molecule has 1 aliphatic heterocycles. The monoisotopic (exact) mass is 263 g/mol. The molecule has 0 N–H and O–H groups in total. The molecule has 0 unspecified atom stereocenters. The van der Waals surface area contributed by atoms with Crippen LogP contribution in [0.25, 0.3) is 6.08 Å². The van der Waals surface area contributed by atoms with E-state index >= 15 is 0 Å². The van der Waals surface area contributed by atoms with Gasteiger partial charge in [0.1, 0.15) is 0 Å². The molecule has 0 radical (unpaired) electrons. The Kier molecular flexibility index (Phi) is 3.28. The van der Waals surface area contributed by atoms with E-state index in [2.05, 4.69) is 18.3 Å². The van der Waals surface area contributed by atoms with Gasteiger partial charge in [0.05, 0.1) is 18.9 Å². The standard InChI is InChI=1S/C13H17N3O3/c1-5-9-10(14-3)11(17)16(12(18)15(9)4)6-13(2)7-19-8-13/h5H,1,3,6-8H2,2,4H3. The molecule has 1 fully saturated rings.